The van der Waals surface area contributed by atoms with Gasteiger partial charge in [-0.25, -0.2) is 0 Å². The largest absolute Gasteiger partial charge is 0.465 e. The first-order valence-electron chi connectivity index (χ1n) is 6.22. The normalized spacial score (nSPS) is 13.8. The summed E-state index contributed by atoms with van der Waals surface area (Å²) >= 11 is 0. The van der Waals surface area contributed by atoms with Crippen molar-refractivity contribution in [1.82, 2.24) is 0 Å². The van der Waals surface area contributed by atoms with Crippen molar-refractivity contribution in [2.75, 3.05) is 19.8 Å². The number of hydrogen-bond donors (Lipinski definition) is 1. The first-order valence-corrected chi connectivity index (χ1v) is 6.22. The maximum atomic E-state index is 11.4. The second-order valence-electron chi connectivity index (χ2n) is 5.29. The van der Waals surface area contributed by atoms with Crippen molar-refractivity contribution in [1.29, 1.82) is 0 Å². The Balaban J connectivity index is 3.96. The van der Waals surface area contributed by atoms with E-state index in [1.54, 1.807) is 0 Å². The van der Waals surface area contributed by atoms with Gasteiger partial charge in [0.15, 0.2) is 0 Å². The molecule has 0 amide bonds. The third kappa shape index (κ3) is 6.64. The molecule has 1 N–H and O–H groups in total. The maximum Gasteiger partial charge on any atom is 0.308 e. The number of hydrogen-bond acceptors (Lipinski definition) is 4. The Hall–Kier alpha value is -0.610. The van der Waals surface area contributed by atoms with Crippen molar-refractivity contribution in [3.63, 3.8) is 0 Å². The van der Waals surface area contributed by atoms with Gasteiger partial charge in [0.05, 0.1) is 25.7 Å². The van der Waals surface area contributed by atoms with Crippen molar-refractivity contribution in [3.05, 3.63) is 0 Å². The first kappa shape index (κ1) is 16.4. The molecule has 0 aromatic carbocycles. The Labute approximate surface area is 104 Å². The SMILES string of the molecule is CCOCCC(=O)OCC(C)(C)C(O)C(C)C. The van der Waals surface area contributed by atoms with Crippen LogP contribution in [0.25, 0.3) is 0 Å². The molecule has 0 aliphatic carbocycles. The summed E-state index contributed by atoms with van der Waals surface area (Å²) in [7, 11) is 0. The number of rotatable bonds is 8. The molecule has 0 saturated heterocycles. The van der Waals surface area contributed by atoms with E-state index in [1.165, 1.54) is 0 Å². The molecule has 0 aromatic rings. The summed E-state index contributed by atoms with van der Waals surface area (Å²) in [6, 6.07) is 0. The predicted octanol–water partition coefficient (Wildman–Crippen LogP) is 2.00. The summed E-state index contributed by atoms with van der Waals surface area (Å²) in [5.41, 5.74) is -0.421. The highest BCUT2D eigenvalue weighted by Gasteiger charge is 2.31. The van der Waals surface area contributed by atoms with Gasteiger partial charge in [0.2, 0.25) is 0 Å². The van der Waals surface area contributed by atoms with E-state index in [9.17, 15) is 9.90 Å². The van der Waals surface area contributed by atoms with Gasteiger partial charge < -0.3 is 14.6 Å². The van der Waals surface area contributed by atoms with Crippen LogP contribution in [-0.4, -0.2) is 37.0 Å². The maximum absolute atomic E-state index is 11.4. The van der Waals surface area contributed by atoms with Gasteiger partial charge in [0, 0.05) is 12.0 Å². The van der Waals surface area contributed by atoms with Gasteiger partial charge in [-0.1, -0.05) is 27.7 Å². The smallest absolute Gasteiger partial charge is 0.308 e. The minimum absolute atomic E-state index is 0.145. The van der Waals surface area contributed by atoms with E-state index >= 15 is 0 Å². The van der Waals surface area contributed by atoms with Crippen molar-refractivity contribution < 1.29 is 19.4 Å². The molecule has 1 unspecified atom stereocenters. The van der Waals surface area contributed by atoms with Crippen LogP contribution in [0.3, 0.4) is 0 Å². The Bertz CT molecular complexity index is 223. The summed E-state index contributed by atoms with van der Waals surface area (Å²) in [6.45, 7) is 10.8. The van der Waals surface area contributed by atoms with Crippen molar-refractivity contribution in [3.8, 4) is 0 Å². The first-order chi connectivity index (χ1) is 7.81. The third-order valence-corrected chi connectivity index (χ3v) is 2.69. The molecule has 0 spiro atoms. The van der Waals surface area contributed by atoms with E-state index in [0.717, 1.165) is 0 Å². The molecule has 0 bridgehead atoms. The molecular weight excluding hydrogens is 220 g/mol. The number of esters is 1. The lowest BCUT2D eigenvalue weighted by atomic mass is 9.81. The second-order valence-corrected chi connectivity index (χ2v) is 5.29. The lowest BCUT2D eigenvalue weighted by molar-refractivity contribution is -0.151. The van der Waals surface area contributed by atoms with Crippen LogP contribution in [0.1, 0.15) is 41.0 Å². The molecule has 0 aliphatic rings. The Kier molecular flexibility index (Phi) is 7.39. The molecular formula is C13H26O4. The molecule has 0 aliphatic heterocycles. The average molecular weight is 246 g/mol. The van der Waals surface area contributed by atoms with Crippen LogP contribution >= 0.6 is 0 Å². The molecule has 0 rings (SSSR count). The molecule has 0 fully saturated rings. The van der Waals surface area contributed by atoms with Gasteiger partial charge in [-0.3, -0.25) is 4.79 Å². The fourth-order valence-electron chi connectivity index (χ4n) is 1.63. The molecule has 102 valence electrons. The van der Waals surface area contributed by atoms with Crippen molar-refractivity contribution in [2.45, 2.75) is 47.1 Å². The molecule has 1 atom stereocenters. The van der Waals surface area contributed by atoms with Gasteiger partial charge in [0.25, 0.3) is 0 Å². The quantitative estimate of drug-likeness (QED) is 0.526. The van der Waals surface area contributed by atoms with E-state index in [2.05, 4.69) is 0 Å². The molecule has 4 heteroatoms. The van der Waals surface area contributed by atoms with E-state index in [-0.39, 0.29) is 24.9 Å². The fraction of sp³-hybridized carbons (Fsp3) is 0.923. The van der Waals surface area contributed by atoms with Crippen LogP contribution in [0.5, 0.6) is 0 Å². The number of aliphatic hydroxyl groups excluding tert-OH is 1. The monoisotopic (exact) mass is 246 g/mol. The zero-order chi connectivity index (χ0) is 13.5. The average Bonchev–Trinajstić information content (AvgIpc) is 2.25. The summed E-state index contributed by atoms with van der Waals surface area (Å²) in [6.07, 6.45) is -0.219. The van der Waals surface area contributed by atoms with Crippen LogP contribution in [0.4, 0.5) is 0 Å². The lowest BCUT2D eigenvalue weighted by Gasteiger charge is -2.32. The fourth-order valence-corrected chi connectivity index (χ4v) is 1.63. The van der Waals surface area contributed by atoms with Crippen LogP contribution in [0.15, 0.2) is 0 Å². The van der Waals surface area contributed by atoms with Crippen LogP contribution < -0.4 is 0 Å². The van der Waals surface area contributed by atoms with E-state index in [0.29, 0.717) is 13.2 Å². The molecule has 0 saturated carbocycles. The Morgan fingerprint density at radius 1 is 1.35 bits per heavy atom. The third-order valence-electron chi connectivity index (χ3n) is 2.69. The summed E-state index contributed by atoms with van der Waals surface area (Å²) in [4.78, 5) is 11.4. The van der Waals surface area contributed by atoms with Crippen LogP contribution in [-0.2, 0) is 14.3 Å². The summed E-state index contributed by atoms with van der Waals surface area (Å²) in [5.74, 6) is -0.130. The number of aliphatic hydroxyl groups is 1. The zero-order valence-electron chi connectivity index (χ0n) is 11.7. The summed E-state index contributed by atoms with van der Waals surface area (Å²) < 4.78 is 10.2. The number of carbonyl (C=O) groups excluding carboxylic acids is 1. The number of carbonyl (C=O) groups is 1. The van der Waals surface area contributed by atoms with Gasteiger partial charge in [-0.15, -0.1) is 0 Å². The highest BCUT2D eigenvalue weighted by molar-refractivity contribution is 5.69. The van der Waals surface area contributed by atoms with E-state index in [4.69, 9.17) is 9.47 Å². The van der Waals surface area contributed by atoms with Gasteiger partial charge >= 0.3 is 5.97 Å². The van der Waals surface area contributed by atoms with Gasteiger partial charge in [-0.05, 0) is 12.8 Å². The standard InChI is InChI=1S/C13H26O4/c1-6-16-8-7-11(14)17-9-13(4,5)12(15)10(2)3/h10,12,15H,6-9H2,1-5H3. The molecule has 0 heterocycles. The lowest BCUT2D eigenvalue weighted by Crippen LogP contribution is -2.38. The summed E-state index contributed by atoms with van der Waals surface area (Å²) in [5, 5.41) is 9.97. The predicted molar refractivity (Wildman–Crippen MR) is 66.7 cm³/mol. The number of ether oxygens (including phenoxy) is 2. The molecule has 17 heavy (non-hydrogen) atoms. The van der Waals surface area contributed by atoms with Gasteiger partial charge in [-0.2, -0.15) is 0 Å². The van der Waals surface area contributed by atoms with E-state index < -0.39 is 11.5 Å². The highest BCUT2D eigenvalue weighted by Crippen LogP contribution is 2.26. The zero-order valence-corrected chi connectivity index (χ0v) is 11.7. The van der Waals surface area contributed by atoms with Crippen molar-refractivity contribution in [2.24, 2.45) is 11.3 Å². The topological polar surface area (TPSA) is 55.8 Å². The van der Waals surface area contributed by atoms with E-state index in [1.807, 2.05) is 34.6 Å². The van der Waals surface area contributed by atoms with Crippen LogP contribution in [0.2, 0.25) is 0 Å². The second kappa shape index (κ2) is 7.67. The molecule has 4 nitrogen and oxygen atoms in total. The molecule has 0 aromatic heterocycles. The Morgan fingerprint density at radius 3 is 2.41 bits per heavy atom. The van der Waals surface area contributed by atoms with Crippen LogP contribution in [0, 0.1) is 11.3 Å². The van der Waals surface area contributed by atoms with Gasteiger partial charge in [0.1, 0.15) is 0 Å². The minimum Gasteiger partial charge on any atom is -0.465 e. The molecule has 0 radical (unpaired) electrons. The minimum atomic E-state index is -0.484. The van der Waals surface area contributed by atoms with Crippen molar-refractivity contribution >= 4 is 5.97 Å². The highest BCUT2D eigenvalue weighted by atomic mass is 16.5. The Morgan fingerprint density at radius 2 is 1.94 bits per heavy atom.